The van der Waals surface area contributed by atoms with Crippen molar-refractivity contribution in [2.45, 2.75) is 12.7 Å². The molecule has 0 aliphatic carbocycles. The standard InChI is InChI=1S/C19H22Cl2N2O3S2/c1-3-23(28(2,25)26)16-7-5-15(6-8-16)19(24)22-10-11-27-13-14-4-9-17(20)18(21)12-14/h4-9,12H,3,10-11,13H2,1-2H3,(H,22,24). The third-order valence-corrected chi connectivity index (χ3v) is 6.93. The maximum atomic E-state index is 12.2. The van der Waals surface area contributed by atoms with Crippen LogP contribution in [-0.4, -0.2) is 39.4 Å². The minimum atomic E-state index is -3.34. The van der Waals surface area contributed by atoms with Gasteiger partial charge in [-0.15, -0.1) is 0 Å². The Bertz CT molecular complexity index is 919. The van der Waals surface area contributed by atoms with E-state index in [0.29, 0.717) is 34.4 Å². The number of hydrogen-bond donors (Lipinski definition) is 1. The summed E-state index contributed by atoms with van der Waals surface area (Å²) in [5.41, 5.74) is 2.11. The molecule has 0 aliphatic heterocycles. The van der Waals surface area contributed by atoms with Gasteiger partial charge in [0.15, 0.2) is 0 Å². The number of amides is 1. The summed E-state index contributed by atoms with van der Waals surface area (Å²) in [6.45, 7) is 2.62. The molecule has 1 N–H and O–H groups in total. The molecule has 0 radical (unpaired) electrons. The van der Waals surface area contributed by atoms with Gasteiger partial charge in [0.05, 0.1) is 22.0 Å². The Hall–Kier alpha value is -1.41. The lowest BCUT2D eigenvalue weighted by molar-refractivity contribution is 0.0956. The van der Waals surface area contributed by atoms with Crippen LogP contribution in [0.4, 0.5) is 5.69 Å². The number of thioether (sulfide) groups is 1. The number of anilines is 1. The molecule has 0 heterocycles. The molecule has 0 saturated heterocycles. The molecule has 0 aromatic heterocycles. The number of hydrogen-bond acceptors (Lipinski definition) is 4. The lowest BCUT2D eigenvalue weighted by Crippen LogP contribution is -2.29. The fourth-order valence-electron chi connectivity index (χ4n) is 2.55. The maximum absolute atomic E-state index is 12.2. The van der Waals surface area contributed by atoms with Crippen LogP contribution in [0.15, 0.2) is 42.5 Å². The summed E-state index contributed by atoms with van der Waals surface area (Å²) >= 11 is 13.6. The van der Waals surface area contributed by atoms with Crippen LogP contribution in [0.3, 0.4) is 0 Å². The van der Waals surface area contributed by atoms with Crippen LogP contribution in [0, 0.1) is 0 Å². The van der Waals surface area contributed by atoms with E-state index in [1.807, 2.05) is 12.1 Å². The molecule has 2 rings (SSSR count). The highest BCUT2D eigenvalue weighted by atomic mass is 35.5. The first-order valence-corrected chi connectivity index (χ1v) is 12.4. The van der Waals surface area contributed by atoms with Crippen LogP contribution < -0.4 is 9.62 Å². The Morgan fingerprint density at radius 2 is 1.79 bits per heavy atom. The van der Waals surface area contributed by atoms with Crippen molar-refractivity contribution in [1.82, 2.24) is 5.32 Å². The molecule has 0 spiro atoms. The summed E-state index contributed by atoms with van der Waals surface area (Å²) < 4.78 is 24.8. The van der Waals surface area contributed by atoms with Crippen LogP contribution in [-0.2, 0) is 15.8 Å². The number of benzene rings is 2. The molecular formula is C19H22Cl2N2O3S2. The molecule has 0 fully saturated rings. The molecule has 2 aromatic rings. The third kappa shape index (κ3) is 6.58. The number of nitrogens with one attached hydrogen (secondary N) is 1. The van der Waals surface area contributed by atoms with Crippen molar-refractivity contribution in [2.24, 2.45) is 0 Å². The Morgan fingerprint density at radius 3 is 2.36 bits per heavy atom. The van der Waals surface area contributed by atoms with Gasteiger partial charge in [-0.05, 0) is 48.9 Å². The van der Waals surface area contributed by atoms with E-state index in [4.69, 9.17) is 23.2 Å². The topological polar surface area (TPSA) is 66.5 Å². The summed E-state index contributed by atoms with van der Waals surface area (Å²) in [5, 5.41) is 3.93. The number of sulfonamides is 1. The number of carbonyl (C=O) groups excluding carboxylic acids is 1. The molecule has 0 saturated carbocycles. The normalized spacial score (nSPS) is 11.3. The molecule has 152 valence electrons. The predicted molar refractivity (Wildman–Crippen MR) is 119 cm³/mol. The molecule has 1 amide bonds. The molecule has 0 atom stereocenters. The summed E-state index contributed by atoms with van der Waals surface area (Å²) in [5.74, 6) is 1.34. The van der Waals surface area contributed by atoms with Crippen molar-refractivity contribution in [3.05, 3.63) is 63.6 Å². The summed E-state index contributed by atoms with van der Waals surface area (Å²) in [6, 6.07) is 12.1. The third-order valence-electron chi connectivity index (χ3n) is 3.89. The van der Waals surface area contributed by atoms with Gasteiger partial charge in [0, 0.05) is 30.2 Å². The monoisotopic (exact) mass is 460 g/mol. The molecule has 0 unspecified atom stereocenters. The first-order valence-electron chi connectivity index (χ1n) is 8.60. The molecule has 9 heteroatoms. The lowest BCUT2D eigenvalue weighted by Gasteiger charge is -2.20. The van der Waals surface area contributed by atoms with Crippen molar-refractivity contribution in [3.63, 3.8) is 0 Å². The van der Waals surface area contributed by atoms with Crippen molar-refractivity contribution in [2.75, 3.05) is 29.4 Å². The molecule has 28 heavy (non-hydrogen) atoms. The second-order valence-corrected chi connectivity index (χ2v) is 9.86. The Labute approximate surface area is 180 Å². The van der Waals surface area contributed by atoms with E-state index in [9.17, 15) is 13.2 Å². The number of halogens is 2. The molecule has 2 aromatic carbocycles. The Balaban J connectivity index is 1.80. The average molecular weight is 461 g/mol. The summed E-state index contributed by atoms with van der Waals surface area (Å²) in [7, 11) is -3.34. The van der Waals surface area contributed by atoms with Crippen molar-refractivity contribution < 1.29 is 13.2 Å². The molecule has 5 nitrogen and oxygen atoms in total. The second-order valence-electron chi connectivity index (χ2n) is 6.03. The van der Waals surface area contributed by atoms with Crippen molar-refractivity contribution in [1.29, 1.82) is 0 Å². The first-order chi connectivity index (χ1) is 13.2. The van der Waals surface area contributed by atoms with Gasteiger partial charge in [-0.25, -0.2) is 8.42 Å². The van der Waals surface area contributed by atoms with E-state index in [-0.39, 0.29) is 5.91 Å². The zero-order valence-corrected chi connectivity index (χ0v) is 18.8. The van der Waals surface area contributed by atoms with Gasteiger partial charge < -0.3 is 5.32 Å². The number of carbonyl (C=O) groups is 1. The van der Waals surface area contributed by atoms with Gasteiger partial charge >= 0.3 is 0 Å². The summed E-state index contributed by atoms with van der Waals surface area (Å²) in [4.78, 5) is 12.2. The lowest BCUT2D eigenvalue weighted by atomic mass is 10.2. The summed E-state index contributed by atoms with van der Waals surface area (Å²) in [6.07, 6.45) is 1.16. The fraction of sp³-hybridized carbons (Fsp3) is 0.316. The largest absolute Gasteiger partial charge is 0.351 e. The van der Waals surface area contributed by atoms with E-state index in [0.717, 1.165) is 23.3 Å². The Morgan fingerprint density at radius 1 is 1.11 bits per heavy atom. The highest BCUT2D eigenvalue weighted by Crippen LogP contribution is 2.24. The SMILES string of the molecule is CCN(c1ccc(C(=O)NCCSCc2ccc(Cl)c(Cl)c2)cc1)S(C)(=O)=O. The van der Waals surface area contributed by atoms with Crippen LogP contribution in [0.2, 0.25) is 10.0 Å². The molecule has 0 bridgehead atoms. The molecule has 0 aliphatic rings. The quantitative estimate of drug-likeness (QED) is 0.561. The minimum absolute atomic E-state index is 0.191. The first kappa shape index (κ1) is 22.9. The van der Waals surface area contributed by atoms with Crippen molar-refractivity contribution in [3.8, 4) is 0 Å². The van der Waals surface area contributed by atoms with Crippen LogP contribution >= 0.6 is 35.0 Å². The Kier molecular flexibility index (Phi) is 8.49. The van der Waals surface area contributed by atoms with E-state index in [1.165, 1.54) is 4.31 Å². The van der Waals surface area contributed by atoms with Gasteiger partial charge in [-0.2, -0.15) is 11.8 Å². The van der Waals surface area contributed by atoms with E-state index < -0.39 is 10.0 Å². The van der Waals surface area contributed by atoms with Crippen LogP contribution in [0.25, 0.3) is 0 Å². The van der Waals surface area contributed by atoms with Crippen LogP contribution in [0.5, 0.6) is 0 Å². The smallest absolute Gasteiger partial charge is 0.251 e. The zero-order chi connectivity index (χ0) is 20.7. The highest BCUT2D eigenvalue weighted by molar-refractivity contribution is 7.98. The van der Waals surface area contributed by atoms with Gasteiger partial charge in [-0.3, -0.25) is 9.10 Å². The van der Waals surface area contributed by atoms with E-state index >= 15 is 0 Å². The average Bonchev–Trinajstić information content (AvgIpc) is 2.64. The van der Waals surface area contributed by atoms with Gasteiger partial charge in [-0.1, -0.05) is 29.3 Å². The number of rotatable bonds is 9. The van der Waals surface area contributed by atoms with Gasteiger partial charge in [0.25, 0.3) is 5.91 Å². The van der Waals surface area contributed by atoms with Crippen LogP contribution in [0.1, 0.15) is 22.8 Å². The van der Waals surface area contributed by atoms with E-state index in [1.54, 1.807) is 49.0 Å². The van der Waals surface area contributed by atoms with E-state index in [2.05, 4.69) is 5.32 Å². The minimum Gasteiger partial charge on any atom is -0.351 e. The maximum Gasteiger partial charge on any atom is 0.251 e. The fourth-order valence-corrected chi connectivity index (χ4v) is 4.65. The second kappa shape index (κ2) is 10.4. The highest BCUT2D eigenvalue weighted by Gasteiger charge is 2.15. The molecular weight excluding hydrogens is 439 g/mol. The number of nitrogens with zero attached hydrogens (tertiary/aromatic N) is 1. The van der Waals surface area contributed by atoms with Crippen molar-refractivity contribution >= 4 is 56.6 Å². The van der Waals surface area contributed by atoms with Gasteiger partial charge in [0.1, 0.15) is 0 Å². The predicted octanol–water partition coefficient (Wildman–Crippen LogP) is 4.44. The van der Waals surface area contributed by atoms with Gasteiger partial charge in [0.2, 0.25) is 10.0 Å². The zero-order valence-electron chi connectivity index (χ0n) is 15.6.